The average molecular weight is 482 g/mol. The lowest BCUT2D eigenvalue weighted by Crippen LogP contribution is -2.55. The molecule has 0 radical (unpaired) electrons. The second-order valence-corrected chi connectivity index (χ2v) is 11.3. The molecule has 10 nitrogen and oxygen atoms in total. The maximum absolute atomic E-state index is 13.1. The van der Waals surface area contributed by atoms with Gasteiger partial charge in [0.05, 0.1) is 4.90 Å². The van der Waals surface area contributed by atoms with E-state index >= 15 is 0 Å². The van der Waals surface area contributed by atoms with E-state index in [1.807, 2.05) is 0 Å². The van der Waals surface area contributed by atoms with E-state index in [1.165, 1.54) is 21.3 Å². The van der Waals surface area contributed by atoms with Crippen molar-refractivity contribution in [2.75, 3.05) is 45.9 Å². The van der Waals surface area contributed by atoms with E-state index in [0.29, 0.717) is 37.7 Å². The molecular weight excluding hydrogens is 450 g/mol. The number of carbonyl (C=O) groups excluding carboxylic acids is 2. The molecule has 3 aliphatic rings. The Labute approximate surface area is 194 Å². The quantitative estimate of drug-likeness (QED) is 0.647. The van der Waals surface area contributed by atoms with Gasteiger partial charge in [-0.2, -0.15) is 4.31 Å². The molecular formula is C22H31N3O7S. The molecule has 0 spiro atoms. The van der Waals surface area contributed by atoms with Gasteiger partial charge in [-0.15, -0.1) is 0 Å². The zero-order chi connectivity index (χ0) is 23.8. The molecule has 3 heterocycles. The molecule has 1 atom stereocenters. The highest BCUT2D eigenvalue weighted by molar-refractivity contribution is 7.89. The van der Waals surface area contributed by atoms with Gasteiger partial charge in [-0.25, -0.2) is 13.2 Å². The molecule has 2 amide bonds. The molecule has 33 heavy (non-hydrogen) atoms. The van der Waals surface area contributed by atoms with E-state index < -0.39 is 27.8 Å². The van der Waals surface area contributed by atoms with Crippen LogP contribution in [0, 0.1) is 0 Å². The van der Waals surface area contributed by atoms with E-state index in [1.54, 1.807) is 31.7 Å². The summed E-state index contributed by atoms with van der Waals surface area (Å²) in [6.07, 6.45) is 0.820. The van der Waals surface area contributed by atoms with Crippen molar-refractivity contribution in [3.8, 4) is 11.5 Å². The van der Waals surface area contributed by atoms with Crippen LogP contribution in [0.15, 0.2) is 23.1 Å². The molecule has 0 aromatic heterocycles. The van der Waals surface area contributed by atoms with Crippen molar-refractivity contribution in [3.05, 3.63) is 18.2 Å². The lowest BCUT2D eigenvalue weighted by molar-refractivity contribution is -0.137. The van der Waals surface area contributed by atoms with Gasteiger partial charge in [-0.3, -0.25) is 9.69 Å². The molecule has 11 heteroatoms. The predicted molar refractivity (Wildman–Crippen MR) is 119 cm³/mol. The number of carbonyl (C=O) groups is 2. The maximum atomic E-state index is 13.1. The molecule has 0 saturated carbocycles. The first-order valence-corrected chi connectivity index (χ1v) is 12.7. The summed E-state index contributed by atoms with van der Waals surface area (Å²) >= 11 is 0. The SMILES string of the molecule is CC(C)(C)OC(=O)N1CCC[C@H]1C(=O)N1CCN(S(=O)(=O)c2ccc3c(c2)OCCO3)CC1. The zero-order valence-corrected chi connectivity index (χ0v) is 20.1. The molecule has 1 aromatic rings. The molecule has 0 N–H and O–H groups in total. The van der Waals surface area contributed by atoms with Crippen LogP contribution in [0.2, 0.25) is 0 Å². The Morgan fingerprint density at radius 3 is 2.33 bits per heavy atom. The summed E-state index contributed by atoms with van der Waals surface area (Å²) in [5, 5.41) is 0. The standard InChI is InChI=1S/C22H31N3O7S/c1-22(2,3)32-21(27)25-8-4-5-17(25)20(26)23-9-11-24(12-10-23)33(28,29)16-6-7-18-19(15-16)31-14-13-30-18/h6-7,15,17H,4-5,8-14H2,1-3H3/t17-/m0/s1. The van der Waals surface area contributed by atoms with Crippen molar-refractivity contribution in [1.82, 2.24) is 14.1 Å². The van der Waals surface area contributed by atoms with Gasteiger partial charge in [0.15, 0.2) is 11.5 Å². The number of likely N-dealkylation sites (tertiary alicyclic amines) is 1. The summed E-state index contributed by atoms with van der Waals surface area (Å²) in [4.78, 5) is 28.9. The van der Waals surface area contributed by atoms with Crippen LogP contribution in [-0.4, -0.2) is 92.1 Å². The van der Waals surface area contributed by atoms with E-state index in [9.17, 15) is 18.0 Å². The highest BCUT2D eigenvalue weighted by atomic mass is 32.2. The van der Waals surface area contributed by atoms with Gasteiger partial charge in [0.2, 0.25) is 15.9 Å². The number of ether oxygens (including phenoxy) is 3. The normalized spacial score (nSPS) is 21.7. The summed E-state index contributed by atoms with van der Waals surface area (Å²) in [7, 11) is -3.73. The van der Waals surface area contributed by atoms with Crippen LogP contribution in [0.3, 0.4) is 0 Å². The molecule has 1 aromatic carbocycles. The Morgan fingerprint density at radius 2 is 1.67 bits per heavy atom. The topological polar surface area (TPSA) is 106 Å². The lowest BCUT2D eigenvalue weighted by Gasteiger charge is -2.37. The Kier molecular flexibility index (Phi) is 6.45. The first-order chi connectivity index (χ1) is 15.6. The number of hydrogen-bond acceptors (Lipinski definition) is 7. The van der Waals surface area contributed by atoms with Crippen molar-refractivity contribution in [1.29, 1.82) is 0 Å². The van der Waals surface area contributed by atoms with Crippen molar-refractivity contribution >= 4 is 22.0 Å². The Bertz CT molecular complexity index is 1010. The van der Waals surface area contributed by atoms with Crippen molar-refractivity contribution < 1.29 is 32.2 Å². The first-order valence-electron chi connectivity index (χ1n) is 11.2. The second kappa shape index (κ2) is 9.02. The minimum absolute atomic E-state index is 0.137. The zero-order valence-electron chi connectivity index (χ0n) is 19.3. The van der Waals surface area contributed by atoms with Crippen LogP contribution in [-0.2, 0) is 19.6 Å². The number of sulfonamides is 1. The fourth-order valence-corrected chi connectivity index (χ4v) is 5.69. The predicted octanol–water partition coefficient (Wildman–Crippen LogP) is 1.69. The molecule has 2 fully saturated rings. The Morgan fingerprint density at radius 1 is 1.00 bits per heavy atom. The molecule has 3 aliphatic heterocycles. The van der Waals surface area contributed by atoms with Crippen molar-refractivity contribution in [2.45, 2.75) is 50.2 Å². The average Bonchev–Trinajstić information content (AvgIpc) is 3.27. The van der Waals surface area contributed by atoms with Gasteiger partial charge >= 0.3 is 6.09 Å². The van der Waals surface area contributed by atoms with Crippen LogP contribution in [0.25, 0.3) is 0 Å². The fraction of sp³-hybridized carbons (Fsp3) is 0.636. The van der Waals surface area contributed by atoms with Gasteiger partial charge < -0.3 is 19.1 Å². The smallest absolute Gasteiger partial charge is 0.410 e. The minimum atomic E-state index is -3.73. The lowest BCUT2D eigenvalue weighted by atomic mass is 10.1. The van der Waals surface area contributed by atoms with Crippen LogP contribution in [0.1, 0.15) is 33.6 Å². The number of amides is 2. The monoisotopic (exact) mass is 481 g/mol. The van der Waals surface area contributed by atoms with Crippen molar-refractivity contribution in [3.63, 3.8) is 0 Å². The number of nitrogens with zero attached hydrogens (tertiary/aromatic N) is 3. The van der Waals surface area contributed by atoms with Crippen LogP contribution >= 0.6 is 0 Å². The van der Waals surface area contributed by atoms with Gasteiger partial charge in [0.1, 0.15) is 24.9 Å². The summed E-state index contributed by atoms with van der Waals surface area (Å²) in [5.41, 5.74) is -0.638. The van der Waals surface area contributed by atoms with Gasteiger partial charge in [-0.1, -0.05) is 0 Å². The van der Waals surface area contributed by atoms with E-state index in [0.717, 1.165) is 6.42 Å². The van der Waals surface area contributed by atoms with E-state index in [4.69, 9.17) is 14.2 Å². The number of piperazine rings is 1. The second-order valence-electron chi connectivity index (χ2n) is 9.37. The number of benzene rings is 1. The number of hydrogen-bond donors (Lipinski definition) is 0. The first kappa shape index (κ1) is 23.6. The molecule has 182 valence electrons. The molecule has 0 unspecified atom stereocenters. The Hall–Kier alpha value is -2.53. The number of rotatable bonds is 3. The highest BCUT2D eigenvalue weighted by Gasteiger charge is 2.40. The molecule has 0 bridgehead atoms. The van der Waals surface area contributed by atoms with E-state index in [-0.39, 0.29) is 37.0 Å². The van der Waals surface area contributed by atoms with Crippen LogP contribution in [0.5, 0.6) is 11.5 Å². The summed E-state index contributed by atoms with van der Waals surface area (Å²) in [6.45, 7) is 7.55. The summed E-state index contributed by atoms with van der Waals surface area (Å²) in [6, 6.07) is 4.03. The van der Waals surface area contributed by atoms with E-state index in [2.05, 4.69) is 0 Å². The van der Waals surface area contributed by atoms with Crippen LogP contribution < -0.4 is 9.47 Å². The minimum Gasteiger partial charge on any atom is -0.486 e. The van der Waals surface area contributed by atoms with Gasteiger partial charge in [-0.05, 0) is 45.7 Å². The number of fused-ring (bicyclic) bond motifs is 1. The van der Waals surface area contributed by atoms with Crippen LogP contribution in [0.4, 0.5) is 4.79 Å². The van der Waals surface area contributed by atoms with Gasteiger partial charge in [0, 0.05) is 38.8 Å². The summed E-state index contributed by atoms with van der Waals surface area (Å²) < 4.78 is 44.1. The largest absolute Gasteiger partial charge is 0.486 e. The maximum Gasteiger partial charge on any atom is 0.410 e. The third kappa shape index (κ3) is 5.03. The third-order valence-corrected chi connectivity index (χ3v) is 7.76. The molecule has 4 rings (SSSR count). The molecule has 0 aliphatic carbocycles. The summed E-state index contributed by atoms with van der Waals surface area (Å²) in [5.74, 6) is 0.788. The fourth-order valence-electron chi connectivity index (χ4n) is 4.26. The Balaban J connectivity index is 1.39. The van der Waals surface area contributed by atoms with Crippen molar-refractivity contribution in [2.24, 2.45) is 0 Å². The molecule has 2 saturated heterocycles. The highest BCUT2D eigenvalue weighted by Crippen LogP contribution is 2.33. The third-order valence-electron chi connectivity index (χ3n) is 5.87. The van der Waals surface area contributed by atoms with Gasteiger partial charge in [0.25, 0.3) is 0 Å².